The SMILES string of the molecule is CC(NC(=O)C1CCCN(C(=O)C2CC2)C1)c1ccccc1Br. The molecule has 2 fully saturated rings. The zero-order valence-corrected chi connectivity index (χ0v) is 15.0. The highest BCUT2D eigenvalue weighted by Crippen LogP contribution is 2.32. The topological polar surface area (TPSA) is 49.4 Å². The normalized spacial score (nSPS) is 22.5. The van der Waals surface area contributed by atoms with Gasteiger partial charge in [0.05, 0.1) is 12.0 Å². The van der Waals surface area contributed by atoms with Gasteiger partial charge in [0.25, 0.3) is 0 Å². The number of nitrogens with one attached hydrogen (secondary N) is 1. The Hall–Kier alpha value is -1.36. The van der Waals surface area contributed by atoms with E-state index in [0.29, 0.717) is 6.54 Å². The second-order valence-corrected chi connectivity index (χ2v) is 7.50. The Bertz CT molecular complexity index is 600. The standard InChI is InChI=1S/C18H23BrN2O2/c1-12(15-6-2-3-7-16(15)19)20-17(22)14-5-4-10-21(11-14)18(23)13-8-9-13/h2-3,6-7,12-14H,4-5,8-11H2,1H3,(H,20,22). The van der Waals surface area contributed by atoms with E-state index in [9.17, 15) is 9.59 Å². The van der Waals surface area contributed by atoms with Gasteiger partial charge in [0.1, 0.15) is 0 Å². The summed E-state index contributed by atoms with van der Waals surface area (Å²) in [6.07, 6.45) is 3.82. The maximum absolute atomic E-state index is 12.6. The number of carbonyl (C=O) groups excluding carboxylic acids is 2. The molecule has 4 nitrogen and oxygen atoms in total. The molecule has 1 heterocycles. The van der Waals surface area contributed by atoms with Crippen LogP contribution in [0.1, 0.15) is 44.2 Å². The molecule has 5 heteroatoms. The summed E-state index contributed by atoms with van der Waals surface area (Å²) in [6.45, 7) is 3.37. The Morgan fingerprint density at radius 1 is 1.22 bits per heavy atom. The van der Waals surface area contributed by atoms with Crippen LogP contribution in [0.2, 0.25) is 0 Å². The van der Waals surface area contributed by atoms with Crippen molar-refractivity contribution in [3.8, 4) is 0 Å². The third kappa shape index (κ3) is 3.94. The Morgan fingerprint density at radius 2 is 1.96 bits per heavy atom. The van der Waals surface area contributed by atoms with Crippen molar-refractivity contribution in [2.75, 3.05) is 13.1 Å². The van der Waals surface area contributed by atoms with Crippen LogP contribution in [0.3, 0.4) is 0 Å². The predicted molar refractivity (Wildman–Crippen MR) is 92.7 cm³/mol. The molecule has 1 aliphatic heterocycles. The Morgan fingerprint density at radius 3 is 2.65 bits per heavy atom. The van der Waals surface area contributed by atoms with Crippen LogP contribution in [0, 0.1) is 11.8 Å². The van der Waals surface area contributed by atoms with Crippen LogP contribution in [0.15, 0.2) is 28.7 Å². The molecular formula is C18H23BrN2O2. The lowest BCUT2D eigenvalue weighted by Crippen LogP contribution is -2.46. The van der Waals surface area contributed by atoms with Gasteiger partial charge in [-0.3, -0.25) is 9.59 Å². The number of rotatable bonds is 4. The van der Waals surface area contributed by atoms with Crippen LogP contribution in [-0.2, 0) is 9.59 Å². The minimum Gasteiger partial charge on any atom is -0.349 e. The second kappa shape index (κ2) is 7.04. The van der Waals surface area contributed by atoms with Gasteiger partial charge >= 0.3 is 0 Å². The van der Waals surface area contributed by atoms with Crippen molar-refractivity contribution >= 4 is 27.7 Å². The molecule has 1 aromatic carbocycles. The van der Waals surface area contributed by atoms with Gasteiger partial charge in [0, 0.05) is 23.5 Å². The number of amides is 2. The smallest absolute Gasteiger partial charge is 0.225 e. The van der Waals surface area contributed by atoms with Crippen LogP contribution in [0.25, 0.3) is 0 Å². The summed E-state index contributed by atoms with van der Waals surface area (Å²) >= 11 is 3.53. The fraction of sp³-hybridized carbons (Fsp3) is 0.556. The van der Waals surface area contributed by atoms with Crippen molar-refractivity contribution in [3.05, 3.63) is 34.3 Å². The van der Waals surface area contributed by atoms with E-state index < -0.39 is 0 Å². The van der Waals surface area contributed by atoms with E-state index in [1.54, 1.807) is 0 Å². The average Bonchev–Trinajstić information content (AvgIpc) is 3.39. The first kappa shape index (κ1) is 16.5. The summed E-state index contributed by atoms with van der Waals surface area (Å²) < 4.78 is 1.00. The first-order valence-corrected chi connectivity index (χ1v) is 9.19. The van der Waals surface area contributed by atoms with E-state index in [4.69, 9.17) is 0 Å². The van der Waals surface area contributed by atoms with Gasteiger partial charge in [-0.05, 0) is 44.2 Å². The first-order valence-electron chi connectivity index (χ1n) is 8.40. The van der Waals surface area contributed by atoms with Gasteiger partial charge in [-0.15, -0.1) is 0 Å². The molecule has 2 atom stereocenters. The summed E-state index contributed by atoms with van der Waals surface area (Å²) in [5.41, 5.74) is 1.07. The Labute approximate surface area is 145 Å². The lowest BCUT2D eigenvalue weighted by atomic mass is 9.96. The molecule has 23 heavy (non-hydrogen) atoms. The van der Waals surface area contributed by atoms with Crippen molar-refractivity contribution < 1.29 is 9.59 Å². The van der Waals surface area contributed by atoms with Crippen molar-refractivity contribution in [1.82, 2.24) is 10.2 Å². The van der Waals surface area contributed by atoms with E-state index in [-0.39, 0.29) is 29.7 Å². The summed E-state index contributed by atoms with van der Waals surface area (Å²) in [5, 5.41) is 3.10. The molecule has 0 bridgehead atoms. The number of benzene rings is 1. The third-order valence-electron chi connectivity index (χ3n) is 4.76. The van der Waals surface area contributed by atoms with Gasteiger partial charge in [-0.1, -0.05) is 34.1 Å². The quantitative estimate of drug-likeness (QED) is 0.873. The van der Waals surface area contributed by atoms with Gasteiger partial charge in [-0.2, -0.15) is 0 Å². The molecule has 1 aromatic rings. The number of hydrogen-bond acceptors (Lipinski definition) is 2. The fourth-order valence-electron chi connectivity index (χ4n) is 3.22. The third-order valence-corrected chi connectivity index (χ3v) is 5.48. The molecule has 3 rings (SSSR count). The van der Waals surface area contributed by atoms with Crippen molar-refractivity contribution in [1.29, 1.82) is 0 Å². The molecule has 0 aromatic heterocycles. The van der Waals surface area contributed by atoms with E-state index in [1.807, 2.05) is 36.1 Å². The number of hydrogen-bond donors (Lipinski definition) is 1. The van der Waals surface area contributed by atoms with Gasteiger partial charge in [0.2, 0.25) is 11.8 Å². The minimum absolute atomic E-state index is 0.0485. The van der Waals surface area contributed by atoms with Crippen LogP contribution >= 0.6 is 15.9 Å². The molecule has 1 saturated heterocycles. The number of halogens is 1. The molecule has 124 valence electrons. The largest absolute Gasteiger partial charge is 0.349 e. The fourth-order valence-corrected chi connectivity index (χ4v) is 3.84. The Kier molecular flexibility index (Phi) is 5.05. The van der Waals surface area contributed by atoms with E-state index in [0.717, 1.165) is 42.3 Å². The van der Waals surface area contributed by atoms with Crippen molar-refractivity contribution in [2.45, 2.75) is 38.6 Å². The number of piperidine rings is 1. The summed E-state index contributed by atoms with van der Waals surface area (Å²) in [7, 11) is 0. The molecule has 1 N–H and O–H groups in total. The molecule has 1 saturated carbocycles. The van der Waals surface area contributed by atoms with Gasteiger partial charge in [0.15, 0.2) is 0 Å². The zero-order valence-electron chi connectivity index (χ0n) is 13.4. The number of nitrogens with zero attached hydrogens (tertiary/aromatic N) is 1. The maximum Gasteiger partial charge on any atom is 0.225 e. The van der Waals surface area contributed by atoms with Gasteiger partial charge in [-0.25, -0.2) is 0 Å². The highest BCUT2D eigenvalue weighted by molar-refractivity contribution is 9.10. The Balaban J connectivity index is 1.59. The lowest BCUT2D eigenvalue weighted by molar-refractivity contribution is -0.137. The van der Waals surface area contributed by atoms with Crippen molar-refractivity contribution in [3.63, 3.8) is 0 Å². The number of likely N-dealkylation sites (tertiary alicyclic amines) is 1. The monoisotopic (exact) mass is 378 g/mol. The average molecular weight is 379 g/mol. The van der Waals surface area contributed by atoms with E-state index in [1.165, 1.54) is 0 Å². The lowest BCUT2D eigenvalue weighted by Gasteiger charge is -2.33. The van der Waals surface area contributed by atoms with Crippen LogP contribution in [0.4, 0.5) is 0 Å². The van der Waals surface area contributed by atoms with Crippen LogP contribution < -0.4 is 5.32 Å². The first-order chi connectivity index (χ1) is 11.1. The minimum atomic E-state index is -0.0867. The number of carbonyl (C=O) groups is 2. The molecular weight excluding hydrogens is 356 g/mol. The summed E-state index contributed by atoms with van der Waals surface area (Å²) in [5.74, 6) is 0.454. The zero-order chi connectivity index (χ0) is 16.4. The highest BCUT2D eigenvalue weighted by atomic mass is 79.9. The van der Waals surface area contributed by atoms with Gasteiger partial charge < -0.3 is 10.2 Å². The summed E-state index contributed by atoms with van der Waals surface area (Å²) in [6, 6.07) is 7.88. The molecule has 2 amide bonds. The molecule has 0 spiro atoms. The van der Waals surface area contributed by atoms with E-state index >= 15 is 0 Å². The highest BCUT2D eigenvalue weighted by Gasteiger charge is 2.36. The van der Waals surface area contributed by atoms with Crippen LogP contribution in [-0.4, -0.2) is 29.8 Å². The predicted octanol–water partition coefficient (Wildman–Crippen LogP) is 3.27. The molecule has 1 aliphatic carbocycles. The van der Waals surface area contributed by atoms with E-state index in [2.05, 4.69) is 21.2 Å². The molecule has 2 aliphatic rings. The molecule has 2 unspecified atom stereocenters. The summed E-state index contributed by atoms with van der Waals surface area (Å²) in [4.78, 5) is 26.7. The van der Waals surface area contributed by atoms with Crippen LogP contribution in [0.5, 0.6) is 0 Å². The second-order valence-electron chi connectivity index (χ2n) is 6.65. The maximum atomic E-state index is 12.6. The molecule has 0 radical (unpaired) electrons. The van der Waals surface area contributed by atoms with Crippen molar-refractivity contribution in [2.24, 2.45) is 11.8 Å².